The molecule has 0 amide bonds. The van der Waals surface area contributed by atoms with Gasteiger partial charge in [-0.15, -0.1) is 0 Å². The van der Waals surface area contributed by atoms with E-state index in [-0.39, 0.29) is 0 Å². The fraction of sp³-hybridized carbons (Fsp3) is 0.375. The van der Waals surface area contributed by atoms with Crippen molar-refractivity contribution in [1.29, 1.82) is 0 Å². The highest BCUT2D eigenvalue weighted by Crippen LogP contribution is 2.19. The third-order valence-corrected chi connectivity index (χ3v) is 3.12. The van der Waals surface area contributed by atoms with Crippen LogP contribution in [0.15, 0.2) is 36.7 Å². The second-order valence-electron chi connectivity index (χ2n) is 4.86. The van der Waals surface area contributed by atoms with Crippen LogP contribution in [0.25, 0.3) is 0 Å². The first kappa shape index (κ1) is 13.7. The third-order valence-electron chi connectivity index (χ3n) is 3.12. The van der Waals surface area contributed by atoms with Crippen molar-refractivity contribution in [3.05, 3.63) is 59.2 Å². The van der Waals surface area contributed by atoms with Crippen molar-refractivity contribution in [2.45, 2.75) is 33.2 Å². The Balaban J connectivity index is 2.24. The van der Waals surface area contributed by atoms with Crippen LogP contribution in [0.5, 0.6) is 0 Å². The van der Waals surface area contributed by atoms with Crippen LogP contribution >= 0.6 is 0 Å². The van der Waals surface area contributed by atoms with E-state index >= 15 is 0 Å². The van der Waals surface area contributed by atoms with E-state index in [2.05, 4.69) is 40.4 Å². The van der Waals surface area contributed by atoms with E-state index in [1.54, 1.807) is 0 Å². The predicted molar refractivity (Wildman–Crippen MR) is 78.1 cm³/mol. The van der Waals surface area contributed by atoms with E-state index in [0.717, 1.165) is 24.4 Å². The molecule has 0 bridgehead atoms. The molecule has 0 spiro atoms. The lowest BCUT2D eigenvalue weighted by Crippen LogP contribution is -2.23. The summed E-state index contributed by atoms with van der Waals surface area (Å²) in [6.45, 7) is 7.18. The van der Waals surface area contributed by atoms with Gasteiger partial charge in [0.2, 0.25) is 0 Å². The van der Waals surface area contributed by atoms with Crippen molar-refractivity contribution in [3.8, 4) is 0 Å². The summed E-state index contributed by atoms with van der Waals surface area (Å²) in [5.41, 5.74) is 4.70. The fourth-order valence-electron chi connectivity index (χ4n) is 2.38. The van der Waals surface area contributed by atoms with Crippen LogP contribution in [0.4, 0.5) is 0 Å². The molecule has 2 rings (SSSR count). The average molecular weight is 255 g/mol. The van der Waals surface area contributed by atoms with E-state index in [4.69, 9.17) is 0 Å². The third kappa shape index (κ3) is 3.86. The average Bonchev–Trinajstić information content (AvgIpc) is 2.38. The molecular weight excluding hydrogens is 234 g/mol. The molecule has 1 unspecified atom stereocenters. The lowest BCUT2D eigenvalue weighted by atomic mass is 9.99. The Bertz CT molecular complexity index is 503. The second kappa shape index (κ2) is 6.43. The van der Waals surface area contributed by atoms with Crippen molar-refractivity contribution in [2.24, 2.45) is 0 Å². The molecule has 19 heavy (non-hydrogen) atoms. The van der Waals surface area contributed by atoms with Gasteiger partial charge in [0, 0.05) is 29.8 Å². The molecule has 0 fully saturated rings. The standard InChI is InChI=1S/C16H21N3/c1-4-18-16(10-14-6-5-7-17-11-14)15-8-12(2)19-13(3)9-15/h5-9,11,16,18H,4,10H2,1-3H3. The minimum atomic E-state index is 0.314. The van der Waals surface area contributed by atoms with Crippen molar-refractivity contribution in [3.63, 3.8) is 0 Å². The first-order chi connectivity index (χ1) is 9.19. The minimum Gasteiger partial charge on any atom is -0.310 e. The van der Waals surface area contributed by atoms with Crippen LogP contribution in [0.3, 0.4) is 0 Å². The number of nitrogens with zero attached hydrogens (tertiary/aromatic N) is 2. The Morgan fingerprint density at radius 1 is 1.21 bits per heavy atom. The maximum absolute atomic E-state index is 4.44. The van der Waals surface area contributed by atoms with Crippen LogP contribution in [-0.2, 0) is 6.42 Å². The van der Waals surface area contributed by atoms with Gasteiger partial charge in [0.1, 0.15) is 0 Å². The van der Waals surface area contributed by atoms with Gasteiger partial charge in [0.25, 0.3) is 0 Å². The smallest absolute Gasteiger partial charge is 0.0379 e. The van der Waals surface area contributed by atoms with Gasteiger partial charge in [-0.25, -0.2) is 0 Å². The second-order valence-corrected chi connectivity index (χ2v) is 4.86. The molecule has 100 valence electrons. The van der Waals surface area contributed by atoms with Crippen molar-refractivity contribution in [1.82, 2.24) is 15.3 Å². The lowest BCUT2D eigenvalue weighted by Gasteiger charge is -2.19. The molecule has 0 aliphatic heterocycles. The number of hydrogen-bond donors (Lipinski definition) is 1. The quantitative estimate of drug-likeness (QED) is 0.892. The molecule has 0 radical (unpaired) electrons. The van der Waals surface area contributed by atoms with E-state index in [9.17, 15) is 0 Å². The van der Waals surface area contributed by atoms with Gasteiger partial charge >= 0.3 is 0 Å². The van der Waals surface area contributed by atoms with Crippen LogP contribution < -0.4 is 5.32 Å². The molecule has 2 heterocycles. The Morgan fingerprint density at radius 3 is 2.53 bits per heavy atom. The molecule has 0 saturated carbocycles. The summed E-state index contributed by atoms with van der Waals surface area (Å²) in [6, 6.07) is 8.75. The van der Waals surface area contributed by atoms with E-state index < -0.39 is 0 Å². The Kier molecular flexibility index (Phi) is 4.63. The highest BCUT2D eigenvalue weighted by molar-refractivity contribution is 5.25. The zero-order valence-corrected chi connectivity index (χ0v) is 11.9. The molecule has 1 atom stereocenters. The minimum absolute atomic E-state index is 0.314. The molecule has 0 aromatic carbocycles. The number of likely N-dealkylation sites (N-methyl/N-ethyl adjacent to an activating group) is 1. The normalized spacial score (nSPS) is 12.4. The molecule has 3 heteroatoms. The summed E-state index contributed by atoms with van der Waals surface area (Å²) in [4.78, 5) is 8.63. The summed E-state index contributed by atoms with van der Waals surface area (Å²) >= 11 is 0. The summed E-state index contributed by atoms with van der Waals surface area (Å²) < 4.78 is 0. The molecule has 0 aliphatic rings. The highest BCUT2D eigenvalue weighted by Gasteiger charge is 2.12. The Labute approximate surface area is 115 Å². The number of rotatable bonds is 5. The summed E-state index contributed by atoms with van der Waals surface area (Å²) in [5, 5.41) is 3.55. The van der Waals surface area contributed by atoms with Crippen LogP contribution in [0.1, 0.15) is 35.5 Å². The van der Waals surface area contributed by atoms with Gasteiger partial charge < -0.3 is 5.32 Å². The van der Waals surface area contributed by atoms with E-state index in [1.807, 2.05) is 32.3 Å². The van der Waals surface area contributed by atoms with Crippen LogP contribution in [-0.4, -0.2) is 16.5 Å². The maximum atomic E-state index is 4.44. The Morgan fingerprint density at radius 2 is 1.95 bits per heavy atom. The molecule has 3 nitrogen and oxygen atoms in total. The number of hydrogen-bond acceptors (Lipinski definition) is 3. The van der Waals surface area contributed by atoms with Crippen molar-refractivity contribution >= 4 is 0 Å². The SMILES string of the molecule is CCNC(Cc1cccnc1)c1cc(C)nc(C)c1. The molecule has 2 aromatic rings. The number of aryl methyl sites for hydroxylation is 2. The van der Waals surface area contributed by atoms with Gasteiger partial charge in [-0.1, -0.05) is 13.0 Å². The zero-order chi connectivity index (χ0) is 13.7. The maximum Gasteiger partial charge on any atom is 0.0379 e. The molecule has 0 saturated heterocycles. The summed E-state index contributed by atoms with van der Waals surface area (Å²) in [6.07, 6.45) is 4.70. The van der Waals surface area contributed by atoms with Gasteiger partial charge in [0.15, 0.2) is 0 Å². The summed E-state index contributed by atoms with van der Waals surface area (Å²) in [7, 11) is 0. The topological polar surface area (TPSA) is 37.8 Å². The largest absolute Gasteiger partial charge is 0.310 e. The Hall–Kier alpha value is -1.74. The fourth-order valence-corrected chi connectivity index (χ4v) is 2.38. The van der Waals surface area contributed by atoms with Crippen molar-refractivity contribution < 1.29 is 0 Å². The van der Waals surface area contributed by atoms with Gasteiger partial charge in [-0.3, -0.25) is 9.97 Å². The monoisotopic (exact) mass is 255 g/mol. The predicted octanol–water partition coefficient (Wildman–Crippen LogP) is 2.99. The van der Waals surface area contributed by atoms with E-state index in [1.165, 1.54) is 11.1 Å². The van der Waals surface area contributed by atoms with Gasteiger partial charge in [-0.2, -0.15) is 0 Å². The number of pyridine rings is 2. The number of nitrogens with one attached hydrogen (secondary N) is 1. The molecule has 1 N–H and O–H groups in total. The van der Waals surface area contributed by atoms with Gasteiger partial charge in [-0.05, 0) is 56.1 Å². The van der Waals surface area contributed by atoms with Crippen molar-refractivity contribution in [2.75, 3.05) is 6.54 Å². The first-order valence-corrected chi connectivity index (χ1v) is 6.76. The van der Waals surface area contributed by atoms with Crippen LogP contribution in [0.2, 0.25) is 0 Å². The van der Waals surface area contributed by atoms with Crippen LogP contribution in [0, 0.1) is 13.8 Å². The zero-order valence-electron chi connectivity index (χ0n) is 11.9. The lowest BCUT2D eigenvalue weighted by molar-refractivity contribution is 0.547. The number of aromatic nitrogens is 2. The highest BCUT2D eigenvalue weighted by atomic mass is 14.9. The summed E-state index contributed by atoms with van der Waals surface area (Å²) in [5.74, 6) is 0. The van der Waals surface area contributed by atoms with Gasteiger partial charge in [0.05, 0.1) is 0 Å². The van der Waals surface area contributed by atoms with E-state index in [0.29, 0.717) is 6.04 Å². The molecular formula is C16H21N3. The first-order valence-electron chi connectivity index (χ1n) is 6.76. The molecule has 2 aromatic heterocycles. The molecule has 0 aliphatic carbocycles.